The highest BCUT2D eigenvalue weighted by Gasteiger charge is 2.23. The van der Waals surface area contributed by atoms with Crippen molar-refractivity contribution in [2.24, 2.45) is 0 Å². The third-order valence-electron chi connectivity index (χ3n) is 3.69. The van der Waals surface area contributed by atoms with Gasteiger partial charge in [-0.1, -0.05) is 5.16 Å². The van der Waals surface area contributed by atoms with Gasteiger partial charge in [-0.25, -0.2) is 0 Å². The average Bonchev–Trinajstić information content (AvgIpc) is 3.02. The second-order valence-electron chi connectivity index (χ2n) is 6.00. The molecule has 0 spiro atoms. The van der Waals surface area contributed by atoms with E-state index in [4.69, 9.17) is 14.0 Å². The minimum Gasteiger partial charge on any atom is -0.497 e. The van der Waals surface area contributed by atoms with Crippen molar-refractivity contribution in [1.29, 1.82) is 0 Å². The Labute approximate surface area is 152 Å². The molecule has 0 atom stereocenters. The number of amides is 2. The second kappa shape index (κ2) is 8.37. The lowest BCUT2D eigenvalue weighted by Crippen LogP contribution is -2.42. The third-order valence-corrected chi connectivity index (χ3v) is 3.69. The Balaban J connectivity index is 2.18. The smallest absolute Gasteiger partial charge is 0.254 e. The standard InChI is InChI=1S/C18H23N3O5/c1-11(2)21(10-17(22)19-16-6-12(3)26-20-16)18(23)13-7-14(24-4)9-15(8-13)25-5/h6-9,11H,10H2,1-5H3,(H,19,20,22). The lowest BCUT2D eigenvalue weighted by molar-refractivity contribution is -0.117. The number of carbonyl (C=O) groups excluding carboxylic acids is 2. The van der Waals surface area contributed by atoms with E-state index in [2.05, 4.69) is 10.5 Å². The summed E-state index contributed by atoms with van der Waals surface area (Å²) in [5.74, 6) is 1.23. The van der Waals surface area contributed by atoms with Gasteiger partial charge in [-0.05, 0) is 32.9 Å². The number of carbonyl (C=O) groups is 2. The Morgan fingerprint density at radius 3 is 2.23 bits per heavy atom. The molecule has 1 heterocycles. The first-order chi connectivity index (χ1) is 12.3. The van der Waals surface area contributed by atoms with Crippen molar-refractivity contribution >= 4 is 17.6 Å². The molecule has 26 heavy (non-hydrogen) atoms. The van der Waals surface area contributed by atoms with Gasteiger partial charge in [0.15, 0.2) is 5.82 Å². The minimum absolute atomic E-state index is 0.123. The van der Waals surface area contributed by atoms with Gasteiger partial charge in [-0.2, -0.15) is 0 Å². The Morgan fingerprint density at radius 1 is 1.15 bits per heavy atom. The fraction of sp³-hybridized carbons (Fsp3) is 0.389. The van der Waals surface area contributed by atoms with Crippen LogP contribution < -0.4 is 14.8 Å². The third kappa shape index (κ3) is 4.75. The van der Waals surface area contributed by atoms with Crippen LogP contribution in [-0.2, 0) is 4.79 Å². The van der Waals surface area contributed by atoms with E-state index in [1.54, 1.807) is 31.2 Å². The van der Waals surface area contributed by atoms with Crippen LogP contribution >= 0.6 is 0 Å². The molecular formula is C18H23N3O5. The van der Waals surface area contributed by atoms with Gasteiger partial charge in [0.05, 0.1) is 14.2 Å². The molecule has 0 unspecified atom stereocenters. The first-order valence-corrected chi connectivity index (χ1v) is 8.11. The predicted octanol–water partition coefficient (Wildman–Crippen LogP) is 2.49. The van der Waals surface area contributed by atoms with E-state index < -0.39 is 0 Å². The number of hydrogen-bond acceptors (Lipinski definition) is 6. The predicted molar refractivity (Wildman–Crippen MR) is 95.6 cm³/mol. The summed E-state index contributed by atoms with van der Waals surface area (Å²) in [5, 5.41) is 6.33. The molecule has 2 amide bonds. The van der Waals surface area contributed by atoms with E-state index in [0.717, 1.165) is 0 Å². The Morgan fingerprint density at radius 2 is 1.77 bits per heavy atom. The number of methoxy groups -OCH3 is 2. The lowest BCUT2D eigenvalue weighted by atomic mass is 10.1. The van der Waals surface area contributed by atoms with Gasteiger partial charge in [0.2, 0.25) is 5.91 Å². The van der Waals surface area contributed by atoms with Crippen LogP contribution in [0.5, 0.6) is 11.5 Å². The van der Waals surface area contributed by atoms with Gasteiger partial charge in [-0.3, -0.25) is 9.59 Å². The zero-order chi connectivity index (χ0) is 19.3. The van der Waals surface area contributed by atoms with E-state index in [1.165, 1.54) is 19.1 Å². The van der Waals surface area contributed by atoms with E-state index in [0.29, 0.717) is 28.6 Å². The van der Waals surface area contributed by atoms with Crippen LogP contribution in [0.4, 0.5) is 5.82 Å². The van der Waals surface area contributed by atoms with Gasteiger partial charge in [0.1, 0.15) is 23.8 Å². The Bertz CT molecular complexity index is 763. The maximum absolute atomic E-state index is 12.9. The number of anilines is 1. The summed E-state index contributed by atoms with van der Waals surface area (Å²) in [6, 6.07) is 6.31. The zero-order valence-electron chi connectivity index (χ0n) is 15.5. The number of aromatic nitrogens is 1. The molecule has 0 saturated carbocycles. The van der Waals surface area contributed by atoms with E-state index in [1.807, 2.05) is 13.8 Å². The van der Waals surface area contributed by atoms with Crippen molar-refractivity contribution < 1.29 is 23.6 Å². The first kappa shape index (κ1) is 19.3. The van der Waals surface area contributed by atoms with Crippen molar-refractivity contribution in [3.63, 3.8) is 0 Å². The summed E-state index contributed by atoms with van der Waals surface area (Å²) in [4.78, 5) is 26.7. The second-order valence-corrected chi connectivity index (χ2v) is 6.00. The van der Waals surface area contributed by atoms with Crippen molar-refractivity contribution in [3.05, 3.63) is 35.6 Å². The number of hydrogen-bond donors (Lipinski definition) is 1. The largest absolute Gasteiger partial charge is 0.497 e. The highest BCUT2D eigenvalue weighted by molar-refractivity contribution is 5.99. The molecule has 0 aliphatic heterocycles. The maximum atomic E-state index is 12.9. The average molecular weight is 361 g/mol. The molecule has 0 radical (unpaired) electrons. The van der Waals surface area contributed by atoms with Crippen LogP contribution in [0.2, 0.25) is 0 Å². The molecule has 1 aromatic carbocycles. The van der Waals surface area contributed by atoms with Crippen molar-refractivity contribution in [2.75, 3.05) is 26.1 Å². The molecule has 0 aliphatic rings. The number of nitrogens with one attached hydrogen (secondary N) is 1. The summed E-state index contributed by atoms with van der Waals surface area (Å²) in [6.45, 7) is 5.27. The fourth-order valence-electron chi connectivity index (χ4n) is 2.35. The molecule has 1 aromatic heterocycles. The van der Waals surface area contributed by atoms with Crippen LogP contribution in [0.3, 0.4) is 0 Å². The van der Waals surface area contributed by atoms with Crippen molar-refractivity contribution in [2.45, 2.75) is 26.8 Å². The zero-order valence-corrected chi connectivity index (χ0v) is 15.5. The molecule has 0 aliphatic carbocycles. The molecule has 8 heteroatoms. The summed E-state index contributed by atoms with van der Waals surface area (Å²) in [6.07, 6.45) is 0. The molecule has 1 N–H and O–H groups in total. The monoisotopic (exact) mass is 361 g/mol. The van der Waals surface area contributed by atoms with Crippen LogP contribution in [-0.4, -0.2) is 48.7 Å². The van der Waals surface area contributed by atoms with Gasteiger partial charge in [0, 0.05) is 23.7 Å². The molecule has 2 aromatic rings. The van der Waals surface area contributed by atoms with E-state index in [-0.39, 0.29) is 24.4 Å². The maximum Gasteiger partial charge on any atom is 0.254 e. The van der Waals surface area contributed by atoms with Gasteiger partial charge in [0.25, 0.3) is 5.91 Å². The molecule has 0 bridgehead atoms. The minimum atomic E-state index is -0.366. The summed E-state index contributed by atoms with van der Waals surface area (Å²) in [5.41, 5.74) is 0.375. The molecular weight excluding hydrogens is 338 g/mol. The van der Waals surface area contributed by atoms with Crippen LogP contribution in [0.25, 0.3) is 0 Å². The lowest BCUT2D eigenvalue weighted by Gasteiger charge is -2.26. The number of benzene rings is 1. The summed E-state index contributed by atoms with van der Waals surface area (Å²) >= 11 is 0. The molecule has 8 nitrogen and oxygen atoms in total. The van der Waals surface area contributed by atoms with Gasteiger partial charge < -0.3 is 24.2 Å². The van der Waals surface area contributed by atoms with Crippen LogP contribution in [0, 0.1) is 6.92 Å². The topological polar surface area (TPSA) is 93.9 Å². The first-order valence-electron chi connectivity index (χ1n) is 8.11. The molecule has 140 valence electrons. The normalized spacial score (nSPS) is 10.5. The molecule has 0 saturated heterocycles. The van der Waals surface area contributed by atoms with Crippen molar-refractivity contribution in [3.8, 4) is 11.5 Å². The number of rotatable bonds is 7. The molecule has 0 fully saturated rings. The Kier molecular flexibility index (Phi) is 6.21. The summed E-state index contributed by atoms with van der Waals surface area (Å²) in [7, 11) is 3.02. The molecule has 2 rings (SSSR count). The van der Waals surface area contributed by atoms with Crippen molar-refractivity contribution in [1.82, 2.24) is 10.1 Å². The van der Waals surface area contributed by atoms with Gasteiger partial charge in [-0.15, -0.1) is 0 Å². The number of nitrogens with zero attached hydrogens (tertiary/aromatic N) is 2. The van der Waals surface area contributed by atoms with Crippen LogP contribution in [0.1, 0.15) is 30.0 Å². The van der Waals surface area contributed by atoms with Gasteiger partial charge >= 0.3 is 0 Å². The summed E-state index contributed by atoms with van der Waals surface area (Å²) < 4.78 is 15.3. The number of ether oxygens (including phenoxy) is 2. The SMILES string of the molecule is COc1cc(OC)cc(C(=O)N(CC(=O)Nc2cc(C)on2)C(C)C)c1. The Hall–Kier alpha value is -3.03. The van der Waals surface area contributed by atoms with Crippen LogP contribution in [0.15, 0.2) is 28.8 Å². The van der Waals surface area contributed by atoms with E-state index in [9.17, 15) is 9.59 Å². The highest BCUT2D eigenvalue weighted by Crippen LogP contribution is 2.24. The fourth-order valence-corrected chi connectivity index (χ4v) is 2.35. The van der Waals surface area contributed by atoms with E-state index >= 15 is 0 Å². The highest BCUT2D eigenvalue weighted by atomic mass is 16.5. The number of aryl methyl sites for hydroxylation is 1. The quantitative estimate of drug-likeness (QED) is 0.814.